The predicted octanol–water partition coefficient (Wildman–Crippen LogP) is 2.12. The van der Waals surface area contributed by atoms with Gasteiger partial charge in [0.15, 0.2) is 6.54 Å². The number of hydrogen-bond acceptors (Lipinski definition) is 2. The van der Waals surface area contributed by atoms with Crippen LogP contribution in [0.15, 0.2) is 36.4 Å². The molecule has 2 aromatic carbocycles. The number of likely N-dealkylation sites (N-methyl/N-ethyl adjacent to an activating group) is 1. The molecule has 2 aromatic rings. The third kappa shape index (κ3) is 4.51. The van der Waals surface area contributed by atoms with E-state index in [1.54, 1.807) is 7.11 Å². The van der Waals surface area contributed by atoms with Crippen LogP contribution >= 0.6 is 0 Å². The molecule has 0 bridgehead atoms. The van der Waals surface area contributed by atoms with Crippen molar-refractivity contribution >= 4 is 16.7 Å². The van der Waals surface area contributed by atoms with Crippen LogP contribution in [-0.4, -0.2) is 44.6 Å². The summed E-state index contributed by atoms with van der Waals surface area (Å²) in [4.78, 5) is 15.8. The molecule has 0 atom stereocenters. The first-order valence-corrected chi connectivity index (χ1v) is 9.19. The van der Waals surface area contributed by atoms with Gasteiger partial charge >= 0.3 is 0 Å². The van der Waals surface area contributed by atoms with Gasteiger partial charge in [-0.1, -0.05) is 25.1 Å². The lowest BCUT2D eigenvalue weighted by molar-refractivity contribution is -0.898. The number of hydrogen-bond donors (Lipinski definition) is 1. The zero-order valence-corrected chi connectivity index (χ0v) is 15.5. The van der Waals surface area contributed by atoms with Crippen LogP contribution in [0.25, 0.3) is 10.8 Å². The number of methoxy groups -OCH3 is 1. The van der Waals surface area contributed by atoms with Crippen LogP contribution in [0.4, 0.5) is 0 Å². The Labute approximate surface area is 150 Å². The number of carbonyl (C=O) groups is 1. The molecule has 1 N–H and O–H groups in total. The standard InChI is InChI=1S/C21H28N2O2/c1-16-8-10-23(11-9-16)15-21(24)22(2)14-17-4-5-19-13-20(25-3)7-6-18(19)12-17/h4-7,12-13,16H,8-11,14-15H2,1-3H3/p+1. The molecule has 0 aromatic heterocycles. The largest absolute Gasteiger partial charge is 0.497 e. The first-order valence-electron chi connectivity index (χ1n) is 9.19. The Morgan fingerprint density at radius 3 is 2.56 bits per heavy atom. The van der Waals surface area contributed by atoms with Crippen molar-refractivity contribution in [2.75, 3.05) is 33.8 Å². The van der Waals surface area contributed by atoms with Crippen LogP contribution in [-0.2, 0) is 11.3 Å². The van der Waals surface area contributed by atoms with Gasteiger partial charge < -0.3 is 14.5 Å². The molecule has 3 rings (SSSR count). The third-order valence-electron chi connectivity index (χ3n) is 5.34. The van der Waals surface area contributed by atoms with E-state index in [9.17, 15) is 4.79 Å². The Morgan fingerprint density at radius 1 is 1.16 bits per heavy atom. The summed E-state index contributed by atoms with van der Waals surface area (Å²) in [5.41, 5.74) is 1.16. The van der Waals surface area contributed by atoms with Crippen molar-refractivity contribution in [3.05, 3.63) is 42.0 Å². The second kappa shape index (κ2) is 7.87. The average Bonchev–Trinajstić information content (AvgIpc) is 2.63. The summed E-state index contributed by atoms with van der Waals surface area (Å²) < 4.78 is 5.27. The molecule has 0 aliphatic carbocycles. The van der Waals surface area contributed by atoms with Crippen LogP contribution in [0.2, 0.25) is 0 Å². The number of carbonyl (C=O) groups excluding carboxylic acids is 1. The molecule has 1 heterocycles. The van der Waals surface area contributed by atoms with E-state index < -0.39 is 0 Å². The molecule has 1 fully saturated rings. The lowest BCUT2D eigenvalue weighted by Gasteiger charge is -2.28. The summed E-state index contributed by atoms with van der Waals surface area (Å²) in [6, 6.07) is 12.4. The van der Waals surface area contributed by atoms with E-state index in [-0.39, 0.29) is 5.91 Å². The summed E-state index contributed by atoms with van der Waals surface area (Å²) in [6.45, 7) is 5.83. The minimum absolute atomic E-state index is 0.236. The number of rotatable bonds is 5. The van der Waals surface area contributed by atoms with Gasteiger partial charge in [0, 0.05) is 13.6 Å². The van der Waals surface area contributed by atoms with Gasteiger partial charge in [0.1, 0.15) is 5.75 Å². The van der Waals surface area contributed by atoms with Crippen molar-refractivity contribution in [3.63, 3.8) is 0 Å². The zero-order valence-electron chi connectivity index (χ0n) is 15.5. The van der Waals surface area contributed by atoms with E-state index in [0.717, 1.165) is 35.7 Å². The lowest BCUT2D eigenvalue weighted by atomic mass is 9.99. The number of fused-ring (bicyclic) bond motifs is 1. The smallest absolute Gasteiger partial charge is 0.277 e. The van der Waals surface area contributed by atoms with Crippen LogP contribution in [0.3, 0.4) is 0 Å². The van der Waals surface area contributed by atoms with Gasteiger partial charge in [-0.3, -0.25) is 4.79 Å². The minimum Gasteiger partial charge on any atom is -0.497 e. The maximum Gasteiger partial charge on any atom is 0.277 e. The van der Waals surface area contributed by atoms with Crippen molar-refractivity contribution in [2.45, 2.75) is 26.3 Å². The molecule has 0 saturated carbocycles. The topological polar surface area (TPSA) is 34.0 Å². The fourth-order valence-corrected chi connectivity index (χ4v) is 3.56. The van der Waals surface area contributed by atoms with Crippen LogP contribution in [0, 0.1) is 5.92 Å². The maximum absolute atomic E-state index is 12.5. The molecule has 4 heteroatoms. The second-order valence-corrected chi connectivity index (χ2v) is 7.41. The number of piperidine rings is 1. The van der Waals surface area contributed by atoms with Crippen LogP contribution in [0.1, 0.15) is 25.3 Å². The first-order chi connectivity index (χ1) is 12.0. The highest BCUT2D eigenvalue weighted by Gasteiger charge is 2.22. The lowest BCUT2D eigenvalue weighted by Crippen LogP contribution is -3.14. The van der Waals surface area contributed by atoms with Crippen molar-refractivity contribution in [2.24, 2.45) is 5.92 Å². The molecule has 1 aliphatic rings. The third-order valence-corrected chi connectivity index (χ3v) is 5.34. The quantitative estimate of drug-likeness (QED) is 0.904. The number of nitrogens with one attached hydrogen (secondary N) is 1. The highest BCUT2D eigenvalue weighted by molar-refractivity contribution is 5.84. The van der Waals surface area contributed by atoms with Gasteiger partial charge in [0.2, 0.25) is 0 Å². The fourth-order valence-electron chi connectivity index (χ4n) is 3.56. The highest BCUT2D eigenvalue weighted by atomic mass is 16.5. The van der Waals surface area contributed by atoms with Gasteiger partial charge in [-0.25, -0.2) is 0 Å². The van der Waals surface area contributed by atoms with Gasteiger partial charge in [-0.2, -0.15) is 0 Å². The summed E-state index contributed by atoms with van der Waals surface area (Å²) in [7, 11) is 3.59. The molecule has 1 saturated heterocycles. The van der Waals surface area contributed by atoms with Gasteiger partial charge in [-0.15, -0.1) is 0 Å². The number of amides is 1. The van der Waals surface area contributed by atoms with Crippen LogP contribution in [0.5, 0.6) is 5.75 Å². The Morgan fingerprint density at radius 2 is 1.84 bits per heavy atom. The molecular weight excluding hydrogens is 312 g/mol. The Hall–Kier alpha value is -2.07. The van der Waals surface area contributed by atoms with E-state index in [1.165, 1.54) is 23.1 Å². The molecule has 0 radical (unpaired) electrons. The summed E-state index contributed by atoms with van der Waals surface area (Å²) in [5, 5.41) is 2.33. The van der Waals surface area contributed by atoms with Gasteiger partial charge in [0.05, 0.1) is 20.2 Å². The van der Waals surface area contributed by atoms with Crippen molar-refractivity contribution in [1.29, 1.82) is 0 Å². The molecule has 134 valence electrons. The average molecular weight is 341 g/mol. The Kier molecular flexibility index (Phi) is 5.59. The van der Waals surface area contributed by atoms with Crippen LogP contribution < -0.4 is 9.64 Å². The first kappa shape index (κ1) is 17.7. The normalized spacial score (nSPS) is 20.4. The van der Waals surface area contributed by atoms with E-state index >= 15 is 0 Å². The molecule has 4 nitrogen and oxygen atoms in total. The molecule has 0 spiro atoms. The van der Waals surface area contributed by atoms with E-state index in [0.29, 0.717) is 13.1 Å². The Balaban J connectivity index is 1.60. The van der Waals surface area contributed by atoms with Crippen molar-refractivity contribution in [1.82, 2.24) is 4.90 Å². The molecule has 25 heavy (non-hydrogen) atoms. The number of quaternary nitrogens is 1. The highest BCUT2D eigenvalue weighted by Crippen LogP contribution is 2.22. The van der Waals surface area contributed by atoms with E-state index in [4.69, 9.17) is 4.74 Å². The van der Waals surface area contributed by atoms with Gasteiger partial charge in [-0.05, 0) is 53.3 Å². The monoisotopic (exact) mass is 341 g/mol. The van der Waals surface area contributed by atoms with Crippen molar-refractivity contribution in [3.8, 4) is 5.75 Å². The summed E-state index contributed by atoms with van der Waals surface area (Å²) in [5.74, 6) is 1.92. The van der Waals surface area contributed by atoms with Gasteiger partial charge in [0.25, 0.3) is 5.91 Å². The number of nitrogens with zero attached hydrogens (tertiary/aromatic N) is 1. The second-order valence-electron chi connectivity index (χ2n) is 7.41. The maximum atomic E-state index is 12.5. The molecule has 1 aliphatic heterocycles. The van der Waals surface area contributed by atoms with E-state index in [1.807, 2.05) is 24.1 Å². The molecule has 0 unspecified atom stereocenters. The van der Waals surface area contributed by atoms with E-state index in [2.05, 4.69) is 31.2 Å². The number of ether oxygens (including phenoxy) is 1. The SMILES string of the molecule is COc1ccc2cc(CN(C)C(=O)C[NH+]3CCC(C)CC3)ccc2c1. The Bertz CT molecular complexity index is 736. The summed E-state index contributed by atoms with van der Waals surface area (Å²) in [6.07, 6.45) is 2.47. The fraction of sp³-hybridized carbons (Fsp3) is 0.476. The number of benzene rings is 2. The number of likely N-dealkylation sites (tertiary alicyclic amines) is 1. The molecule has 1 amide bonds. The minimum atomic E-state index is 0.236. The predicted molar refractivity (Wildman–Crippen MR) is 101 cm³/mol. The summed E-state index contributed by atoms with van der Waals surface area (Å²) >= 11 is 0. The van der Waals surface area contributed by atoms with Crippen molar-refractivity contribution < 1.29 is 14.4 Å². The molecular formula is C21H29N2O2+. The zero-order chi connectivity index (χ0) is 17.8.